The van der Waals surface area contributed by atoms with Gasteiger partial charge < -0.3 is 4.74 Å². The van der Waals surface area contributed by atoms with E-state index in [0.29, 0.717) is 0 Å². The molecule has 1 aromatic heterocycles. The highest BCUT2D eigenvalue weighted by atomic mass is 35.7. The average molecular weight is 272 g/mol. The molecule has 90 valence electrons. The van der Waals surface area contributed by atoms with Crippen LogP contribution in [-0.4, -0.2) is 20.5 Å². The Bertz CT molecular complexity index is 504. The predicted molar refractivity (Wildman–Crippen MR) is 53.5 cm³/mol. The lowest BCUT2D eigenvalue weighted by Gasteiger charge is -2.10. The summed E-state index contributed by atoms with van der Waals surface area (Å²) in [7, 11) is 2.23. The lowest BCUT2D eigenvalue weighted by molar-refractivity contribution is 0.141. The minimum atomic E-state index is -4.02. The van der Waals surface area contributed by atoms with E-state index in [4.69, 9.17) is 10.7 Å². The Hall–Kier alpha value is -0.950. The van der Waals surface area contributed by atoms with Crippen molar-refractivity contribution in [1.82, 2.24) is 4.98 Å². The first-order valence-corrected chi connectivity index (χ1v) is 6.36. The van der Waals surface area contributed by atoms with Crippen LogP contribution in [0.1, 0.15) is 17.8 Å². The van der Waals surface area contributed by atoms with Crippen molar-refractivity contribution < 1.29 is 21.9 Å². The molecule has 0 fully saturated rings. The second kappa shape index (κ2) is 4.50. The van der Waals surface area contributed by atoms with E-state index in [0.717, 1.165) is 13.2 Å². The van der Waals surface area contributed by atoms with E-state index in [1.165, 1.54) is 6.92 Å². The summed E-state index contributed by atoms with van der Waals surface area (Å²) in [5.41, 5.74) is -0.699. The monoisotopic (exact) mass is 271 g/mol. The SMILES string of the molecule is COc1cc(S(=O)(=O)Cl)c(C)nc1C(F)F. The van der Waals surface area contributed by atoms with Crippen LogP contribution in [-0.2, 0) is 9.05 Å². The van der Waals surface area contributed by atoms with Crippen LogP contribution in [0.25, 0.3) is 0 Å². The number of nitrogens with zero attached hydrogens (tertiary/aromatic N) is 1. The van der Waals surface area contributed by atoms with Crippen LogP contribution in [0.2, 0.25) is 0 Å². The van der Waals surface area contributed by atoms with Crippen LogP contribution >= 0.6 is 10.7 Å². The molecule has 1 rings (SSSR count). The van der Waals surface area contributed by atoms with Crippen molar-refractivity contribution in [2.24, 2.45) is 0 Å². The van der Waals surface area contributed by atoms with Gasteiger partial charge in [0, 0.05) is 16.7 Å². The van der Waals surface area contributed by atoms with Gasteiger partial charge in [0.05, 0.1) is 12.8 Å². The van der Waals surface area contributed by atoms with E-state index in [-0.39, 0.29) is 16.3 Å². The van der Waals surface area contributed by atoms with Gasteiger partial charge in [-0.05, 0) is 6.92 Å². The van der Waals surface area contributed by atoms with Crippen molar-refractivity contribution in [2.75, 3.05) is 7.11 Å². The lowest BCUT2D eigenvalue weighted by Crippen LogP contribution is -2.04. The molecule has 4 nitrogen and oxygen atoms in total. The maximum atomic E-state index is 12.5. The number of ether oxygens (including phenoxy) is 1. The summed E-state index contributed by atoms with van der Waals surface area (Å²) in [6.45, 7) is 1.28. The molecular formula is C8H8ClF2NO3S. The number of hydrogen-bond donors (Lipinski definition) is 0. The molecule has 0 saturated heterocycles. The van der Waals surface area contributed by atoms with E-state index < -0.39 is 21.2 Å². The summed E-state index contributed by atoms with van der Waals surface area (Å²) in [6, 6.07) is 0.937. The van der Waals surface area contributed by atoms with Crippen LogP contribution < -0.4 is 4.74 Å². The minimum absolute atomic E-state index is 0.0916. The summed E-state index contributed by atoms with van der Waals surface area (Å²) in [4.78, 5) is 3.13. The molecule has 0 aliphatic rings. The summed E-state index contributed by atoms with van der Waals surface area (Å²) >= 11 is 0. The molecule has 16 heavy (non-hydrogen) atoms. The molecule has 8 heteroatoms. The first-order valence-electron chi connectivity index (χ1n) is 4.05. The average Bonchev–Trinajstić information content (AvgIpc) is 2.15. The van der Waals surface area contributed by atoms with E-state index in [2.05, 4.69) is 9.72 Å². The Morgan fingerprint density at radius 2 is 2.06 bits per heavy atom. The quantitative estimate of drug-likeness (QED) is 0.792. The number of alkyl halides is 2. The van der Waals surface area contributed by atoms with Crippen LogP contribution in [0, 0.1) is 6.92 Å². The first kappa shape index (κ1) is 13.1. The van der Waals surface area contributed by atoms with Crippen LogP contribution in [0.3, 0.4) is 0 Å². The van der Waals surface area contributed by atoms with Crippen molar-refractivity contribution in [3.05, 3.63) is 17.5 Å². The van der Waals surface area contributed by atoms with Crippen LogP contribution in [0.4, 0.5) is 8.78 Å². The van der Waals surface area contributed by atoms with E-state index in [9.17, 15) is 17.2 Å². The van der Waals surface area contributed by atoms with Crippen molar-refractivity contribution in [2.45, 2.75) is 18.2 Å². The topological polar surface area (TPSA) is 56.3 Å². The Morgan fingerprint density at radius 1 is 1.50 bits per heavy atom. The Kier molecular flexibility index (Phi) is 3.69. The fourth-order valence-corrected chi connectivity index (χ4v) is 2.27. The predicted octanol–water partition coefficient (Wildman–Crippen LogP) is 2.26. The third kappa shape index (κ3) is 2.59. The summed E-state index contributed by atoms with van der Waals surface area (Å²) in [6.07, 6.45) is -2.85. The highest BCUT2D eigenvalue weighted by molar-refractivity contribution is 8.13. The number of rotatable bonds is 3. The Morgan fingerprint density at radius 3 is 2.44 bits per heavy atom. The van der Waals surface area contributed by atoms with Crippen molar-refractivity contribution in [3.63, 3.8) is 0 Å². The van der Waals surface area contributed by atoms with E-state index in [1.54, 1.807) is 0 Å². The summed E-state index contributed by atoms with van der Waals surface area (Å²) in [5, 5.41) is 0. The first-order chi connectivity index (χ1) is 7.27. The summed E-state index contributed by atoms with van der Waals surface area (Å²) < 4.78 is 51.8. The molecule has 0 radical (unpaired) electrons. The standard InChI is InChI=1S/C8H8ClF2NO3S/c1-4-6(16(9,13)14)3-5(15-2)7(12-4)8(10)11/h3,8H,1-2H3. The molecule has 0 unspecified atom stereocenters. The molecule has 0 bridgehead atoms. The fourth-order valence-electron chi connectivity index (χ4n) is 1.15. The number of pyridine rings is 1. The molecular weight excluding hydrogens is 264 g/mol. The molecule has 1 heterocycles. The number of aryl methyl sites for hydroxylation is 1. The van der Waals surface area contributed by atoms with Gasteiger partial charge in [0.15, 0.2) is 0 Å². The van der Waals surface area contributed by atoms with E-state index >= 15 is 0 Å². The van der Waals surface area contributed by atoms with Crippen LogP contribution in [0.5, 0.6) is 5.75 Å². The number of hydrogen-bond acceptors (Lipinski definition) is 4. The van der Waals surface area contributed by atoms with Crippen LogP contribution in [0.15, 0.2) is 11.0 Å². The van der Waals surface area contributed by atoms with Gasteiger partial charge in [0.1, 0.15) is 16.3 Å². The zero-order valence-corrected chi connectivity index (χ0v) is 9.94. The second-order valence-corrected chi connectivity index (χ2v) is 5.43. The second-order valence-electron chi connectivity index (χ2n) is 2.90. The minimum Gasteiger partial charge on any atom is -0.495 e. The Labute approximate surface area is 95.6 Å². The molecule has 1 aromatic rings. The number of methoxy groups -OCH3 is 1. The van der Waals surface area contributed by atoms with Gasteiger partial charge in [-0.3, -0.25) is 0 Å². The van der Waals surface area contributed by atoms with Gasteiger partial charge in [0.2, 0.25) is 0 Å². The van der Waals surface area contributed by atoms with Gasteiger partial charge in [-0.2, -0.15) is 0 Å². The zero-order valence-electron chi connectivity index (χ0n) is 8.37. The van der Waals surface area contributed by atoms with Gasteiger partial charge in [-0.25, -0.2) is 22.2 Å². The smallest absolute Gasteiger partial charge is 0.284 e. The number of aromatic nitrogens is 1. The van der Waals surface area contributed by atoms with Gasteiger partial charge in [-0.15, -0.1) is 0 Å². The van der Waals surface area contributed by atoms with E-state index in [1.807, 2.05) is 0 Å². The van der Waals surface area contributed by atoms with Crippen molar-refractivity contribution >= 4 is 19.7 Å². The lowest BCUT2D eigenvalue weighted by atomic mass is 10.3. The number of halogens is 3. The molecule has 0 N–H and O–H groups in total. The Balaban J connectivity index is 3.50. The normalized spacial score (nSPS) is 11.9. The third-order valence-corrected chi connectivity index (χ3v) is 3.29. The summed E-state index contributed by atoms with van der Waals surface area (Å²) in [5.74, 6) is -0.306. The maximum Gasteiger partial charge on any atom is 0.284 e. The molecule has 0 amide bonds. The molecule has 0 aliphatic carbocycles. The highest BCUT2D eigenvalue weighted by Gasteiger charge is 2.22. The molecule has 0 saturated carbocycles. The molecule has 0 atom stereocenters. The zero-order chi connectivity index (χ0) is 12.5. The van der Waals surface area contributed by atoms with Crippen molar-refractivity contribution in [3.8, 4) is 5.75 Å². The maximum absolute atomic E-state index is 12.5. The van der Waals surface area contributed by atoms with Gasteiger partial charge in [0.25, 0.3) is 15.5 Å². The van der Waals surface area contributed by atoms with Gasteiger partial charge in [-0.1, -0.05) is 0 Å². The third-order valence-electron chi connectivity index (χ3n) is 1.85. The van der Waals surface area contributed by atoms with Crippen molar-refractivity contribution in [1.29, 1.82) is 0 Å². The molecule has 0 aliphatic heterocycles. The van der Waals surface area contributed by atoms with Gasteiger partial charge >= 0.3 is 0 Å². The molecule has 0 aromatic carbocycles. The molecule has 0 spiro atoms. The highest BCUT2D eigenvalue weighted by Crippen LogP contribution is 2.31. The largest absolute Gasteiger partial charge is 0.495 e. The fraction of sp³-hybridized carbons (Fsp3) is 0.375.